The second-order valence-corrected chi connectivity index (χ2v) is 6.13. The fraction of sp³-hybridized carbons (Fsp3) is 0.462. The fourth-order valence-corrected chi connectivity index (χ4v) is 2.18. The minimum atomic E-state index is -0.603. The van der Waals surface area contributed by atoms with Gasteiger partial charge in [-0.15, -0.1) is 0 Å². The van der Waals surface area contributed by atoms with Gasteiger partial charge in [-0.25, -0.2) is 4.98 Å². The third-order valence-electron chi connectivity index (χ3n) is 3.84. The first-order valence-corrected chi connectivity index (χ1v) is 6.58. The maximum Gasteiger partial charge on any atom is 0.554 e. The number of fused-ring (bicyclic) bond motifs is 1. The Hall–Kier alpha value is -1.04. The van der Waals surface area contributed by atoms with Crippen LogP contribution in [0.5, 0.6) is 0 Å². The standard InChI is InChI=1S/C13H15BClNO3/c1-12(2)13(3,4)19-14(18-12)11-16-10-8(15)6-5-7-9(10)17-11/h5-7H,1-4H3. The van der Waals surface area contributed by atoms with E-state index in [4.69, 9.17) is 25.3 Å². The Labute approximate surface area is 117 Å². The van der Waals surface area contributed by atoms with E-state index in [9.17, 15) is 0 Å². The molecule has 1 aliphatic rings. The number of oxazole rings is 1. The molecule has 0 spiro atoms. The van der Waals surface area contributed by atoms with Crippen molar-refractivity contribution in [3.63, 3.8) is 0 Å². The van der Waals surface area contributed by atoms with Gasteiger partial charge < -0.3 is 13.7 Å². The van der Waals surface area contributed by atoms with Crippen molar-refractivity contribution in [2.24, 2.45) is 0 Å². The number of aromatic nitrogens is 1. The highest BCUT2D eigenvalue weighted by atomic mass is 35.5. The van der Waals surface area contributed by atoms with Crippen LogP contribution in [-0.4, -0.2) is 23.3 Å². The molecule has 100 valence electrons. The molecule has 1 aromatic heterocycles. The summed E-state index contributed by atoms with van der Waals surface area (Å²) in [5.74, 6) is 0.404. The van der Waals surface area contributed by atoms with Gasteiger partial charge in [0.05, 0.1) is 16.2 Å². The van der Waals surface area contributed by atoms with E-state index < -0.39 is 18.3 Å². The summed E-state index contributed by atoms with van der Waals surface area (Å²) in [6.07, 6.45) is 0. The predicted octanol–water partition coefficient (Wildman–Crippen LogP) is 2.78. The summed E-state index contributed by atoms with van der Waals surface area (Å²) in [5.41, 5.74) is 0.440. The first-order chi connectivity index (χ1) is 8.80. The fourth-order valence-electron chi connectivity index (χ4n) is 1.98. The molecule has 3 rings (SSSR count). The molecule has 2 aromatic rings. The molecule has 1 fully saturated rings. The molecule has 0 N–H and O–H groups in total. The van der Waals surface area contributed by atoms with E-state index >= 15 is 0 Å². The van der Waals surface area contributed by atoms with Crippen LogP contribution >= 0.6 is 11.6 Å². The second kappa shape index (κ2) is 3.98. The topological polar surface area (TPSA) is 44.5 Å². The summed E-state index contributed by atoms with van der Waals surface area (Å²) in [7, 11) is -0.603. The number of halogens is 1. The van der Waals surface area contributed by atoms with Gasteiger partial charge in [0.25, 0.3) is 0 Å². The average Bonchev–Trinajstić information content (AvgIpc) is 2.80. The van der Waals surface area contributed by atoms with E-state index in [-0.39, 0.29) is 0 Å². The highest BCUT2D eigenvalue weighted by Gasteiger charge is 2.54. The summed E-state index contributed by atoms with van der Waals surface area (Å²) in [5, 5.41) is 0.559. The van der Waals surface area contributed by atoms with Crippen LogP contribution in [0.2, 0.25) is 5.02 Å². The summed E-state index contributed by atoms with van der Waals surface area (Å²) < 4.78 is 17.5. The summed E-state index contributed by atoms with van der Waals surface area (Å²) in [6.45, 7) is 7.95. The van der Waals surface area contributed by atoms with Gasteiger partial charge in [0.1, 0.15) is 5.52 Å². The van der Waals surface area contributed by atoms with E-state index in [1.165, 1.54) is 0 Å². The molecule has 0 radical (unpaired) electrons. The maximum absolute atomic E-state index is 6.08. The molecule has 0 aliphatic carbocycles. The molecule has 0 unspecified atom stereocenters. The van der Waals surface area contributed by atoms with Crippen molar-refractivity contribution in [1.29, 1.82) is 0 Å². The van der Waals surface area contributed by atoms with Gasteiger partial charge in [-0.3, -0.25) is 0 Å². The van der Waals surface area contributed by atoms with Crippen molar-refractivity contribution in [1.82, 2.24) is 4.98 Å². The lowest BCUT2D eigenvalue weighted by Crippen LogP contribution is -2.41. The minimum absolute atomic E-state index is 0.404. The lowest BCUT2D eigenvalue weighted by Gasteiger charge is -2.32. The Bertz CT molecular complexity index is 622. The summed E-state index contributed by atoms with van der Waals surface area (Å²) >= 11 is 6.08. The third-order valence-corrected chi connectivity index (χ3v) is 4.15. The largest absolute Gasteiger partial charge is 0.554 e. The summed E-state index contributed by atoms with van der Waals surface area (Å²) in [4.78, 5) is 4.38. The van der Waals surface area contributed by atoms with E-state index in [1.807, 2.05) is 39.8 Å². The van der Waals surface area contributed by atoms with Crippen molar-refractivity contribution in [2.75, 3.05) is 0 Å². The van der Waals surface area contributed by atoms with E-state index in [0.29, 0.717) is 21.9 Å². The quantitative estimate of drug-likeness (QED) is 0.753. The van der Waals surface area contributed by atoms with Crippen molar-refractivity contribution < 1.29 is 13.7 Å². The SMILES string of the molecule is CC1(C)OB(c2nc3c(Cl)cccc3o2)OC1(C)C. The number of hydrogen-bond acceptors (Lipinski definition) is 4. The first-order valence-electron chi connectivity index (χ1n) is 6.21. The van der Waals surface area contributed by atoms with Gasteiger partial charge in [0.15, 0.2) is 5.58 Å². The highest BCUT2D eigenvalue weighted by Crippen LogP contribution is 2.36. The Kier molecular flexibility index (Phi) is 2.72. The molecule has 19 heavy (non-hydrogen) atoms. The zero-order chi connectivity index (χ0) is 13.8. The van der Waals surface area contributed by atoms with Crippen LogP contribution in [0, 0.1) is 0 Å². The van der Waals surface area contributed by atoms with Crippen molar-refractivity contribution in [2.45, 2.75) is 38.9 Å². The molecule has 0 bridgehead atoms. The molecule has 0 atom stereocenters. The zero-order valence-corrected chi connectivity index (χ0v) is 12.1. The van der Waals surface area contributed by atoms with Gasteiger partial charge in [0, 0.05) is 0 Å². The predicted molar refractivity (Wildman–Crippen MR) is 74.7 cm³/mol. The third kappa shape index (κ3) is 1.97. The van der Waals surface area contributed by atoms with Crippen LogP contribution < -0.4 is 5.79 Å². The molecule has 0 saturated carbocycles. The number of benzene rings is 1. The normalized spacial score (nSPS) is 21.2. The monoisotopic (exact) mass is 279 g/mol. The van der Waals surface area contributed by atoms with E-state index in [0.717, 1.165) is 0 Å². The second-order valence-electron chi connectivity index (χ2n) is 5.73. The lowest BCUT2D eigenvalue weighted by atomic mass is 9.90. The molecule has 1 aliphatic heterocycles. The van der Waals surface area contributed by atoms with Gasteiger partial charge in [-0.1, -0.05) is 17.7 Å². The number of para-hydroxylation sites is 1. The van der Waals surface area contributed by atoms with Crippen LogP contribution in [0.3, 0.4) is 0 Å². The Morgan fingerprint density at radius 2 is 1.74 bits per heavy atom. The minimum Gasteiger partial charge on any atom is -0.443 e. The van der Waals surface area contributed by atoms with Gasteiger partial charge in [0.2, 0.25) is 5.79 Å². The summed E-state index contributed by atoms with van der Waals surface area (Å²) in [6, 6.07) is 5.42. The molecule has 1 saturated heterocycles. The van der Waals surface area contributed by atoms with Crippen molar-refractivity contribution >= 4 is 35.6 Å². The molecule has 0 amide bonds. The molecule has 2 heterocycles. The van der Waals surface area contributed by atoms with Crippen LogP contribution in [-0.2, 0) is 9.31 Å². The van der Waals surface area contributed by atoms with Crippen molar-refractivity contribution in [3.8, 4) is 0 Å². The number of hydrogen-bond donors (Lipinski definition) is 0. The number of rotatable bonds is 1. The van der Waals surface area contributed by atoms with Crippen LogP contribution in [0.1, 0.15) is 27.7 Å². The van der Waals surface area contributed by atoms with Gasteiger partial charge >= 0.3 is 7.12 Å². The lowest BCUT2D eigenvalue weighted by molar-refractivity contribution is 0.00578. The smallest absolute Gasteiger partial charge is 0.443 e. The van der Waals surface area contributed by atoms with Crippen LogP contribution in [0.4, 0.5) is 0 Å². The number of nitrogens with zero attached hydrogens (tertiary/aromatic N) is 1. The molecular weight excluding hydrogens is 264 g/mol. The molecule has 1 aromatic carbocycles. The Morgan fingerprint density at radius 1 is 1.11 bits per heavy atom. The van der Waals surface area contributed by atoms with Gasteiger partial charge in [-0.2, -0.15) is 0 Å². The van der Waals surface area contributed by atoms with E-state index in [1.54, 1.807) is 6.07 Å². The average molecular weight is 280 g/mol. The molecule has 4 nitrogen and oxygen atoms in total. The van der Waals surface area contributed by atoms with Crippen LogP contribution in [0.25, 0.3) is 11.1 Å². The maximum atomic E-state index is 6.08. The highest BCUT2D eigenvalue weighted by molar-refractivity contribution is 6.60. The first kappa shape index (κ1) is 13.0. The molecular formula is C13H15BClNO3. The zero-order valence-electron chi connectivity index (χ0n) is 11.4. The Balaban J connectivity index is 2.01. The van der Waals surface area contributed by atoms with Gasteiger partial charge in [-0.05, 0) is 39.8 Å². The molecule has 6 heteroatoms. The van der Waals surface area contributed by atoms with E-state index in [2.05, 4.69) is 4.98 Å². The van der Waals surface area contributed by atoms with Crippen LogP contribution in [0.15, 0.2) is 22.6 Å². The Morgan fingerprint density at radius 3 is 2.32 bits per heavy atom. The van der Waals surface area contributed by atoms with Crippen molar-refractivity contribution in [3.05, 3.63) is 23.2 Å².